The van der Waals surface area contributed by atoms with Crippen LogP contribution in [-0.2, 0) is 5.41 Å². The van der Waals surface area contributed by atoms with E-state index in [1.54, 1.807) is 0 Å². The summed E-state index contributed by atoms with van der Waals surface area (Å²) in [4.78, 5) is 0. The topological polar surface area (TPSA) is 9.23 Å². The molecule has 0 unspecified atom stereocenters. The van der Waals surface area contributed by atoms with Gasteiger partial charge in [0.05, 0.1) is 6.61 Å². The van der Waals surface area contributed by atoms with E-state index in [2.05, 4.69) is 59.7 Å². The Kier molecular flexibility index (Phi) is 4.62. The number of rotatable bonds is 4. The normalized spacial score (nSPS) is 11.9. The van der Waals surface area contributed by atoms with Crippen LogP contribution in [0.2, 0.25) is 0 Å². The van der Waals surface area contributed by atoms with Crippen molar-refractivity contribution in [2.24, 2.45) is 0 Å². The zero-order chi connectivity index (χ0) is 13.1. The highest BCUT2D eigenvalue weighted by Crippen LogP contribution is 2.37. The van der Waals surface area contributed by atoms with E-state index in [-0.39, 0.29) is 5.41 Å². The highest BCUT2D eigenvalue weighted by Gasteiger charge is 2.23. The first-order valence-corrected chi connectivity index (χ1v) is 6.64. The molecule has 0 saturated heterocycles. The fourth-order valence-electron chi connectivity index (χ4n) is 2.16. The molecule has 1 nitrogen and oxygen atoms in total. The molecule has 1 heteroatoms. The maximum absolute atomic E-state index is 5.90. The lowest BCUT2D eigenvalue weighted by Crippen LogP contribution is -2.17. The van der Waals surface area contributed by atoms with Gasteiger partial charge in [0.1, 0.15) is 5.75 Å². The molecule has 0 bridgehead atoms. The van der Waals surface area contributed by atoms with Crippen molar-refractivity contribution in [3.05, 3.63) is 29.3 Å². The van der Waals surface area contributed by atoms with E-state index in [0.717, 1.165) is 18.8 Å². The molecule has 1 aromatic rings. The zero-order valence-electron chi connectivity index (χ0n) is 12.1. The Labute approximate surface area is 106 Å². The van der Waals surface area contributed by atoms with Gasteiger partial charge in [-0.1, -0.05) is 53.7 Å². The molecule has 0 N–H and O–H groups in total. The first kappa shape index (κ1) is 14.1. The molecular weight excluding hydrogens is 208 g/mol. The minimum Gasteiger partial charge on any atom is -0.493 e. The van der Waals surface area contributed by atoms with E-state index in [1.165, 1.54) is 11.1 Å². The molecule has 1 rings (SSSR count). The van der Waals surface area contributed by atoms with Crippen LogP contribution in [0.25, 0.3) is 0 Å². The highest BCUT2D eigenvalue weighted by molar-refractivity contribution is 5.46. The number of ether oxygens (including phenoxy) is 1. The van der Waals surface area contributed by atoms with Crippen molar-refractivity contribution < 1.29 is 4.74 Å². The maximum atomic E-state index is 5.90. The Morgan fingerprint density at radius 3 is 2.29 bits per heavy atom. The van der Waals surface area contributed by atoms with Gasteiger partial charge in [-0.25, -0.2) is 0 Å². The Morgan fingerprint density at radius 2 is 1.82 bits per heavy atom. The lowest BCUT2D eigenvalue weighted by Gasteiger charge is -2.27. The van der Waals surface area contributed by atoms with Gasteiger partial charge in [0.15, 0.2) is 0 Å². The molecule has 1 aromatic carbocycles. The molecule has 0 spiro atoms. The Bertz CT molecular complexity index is 358. The van der Waals surface area contributed by atoms with Crippen LogP contribution in [0.3, 0.4) is 0 Å². The predicted molar refractivity (Wildman–Crippen MR) is 75.0 cm³/mol. The average Bonchev–Trinajstić information content (AvgIpc) is 2.24. The highest BCUT2D eigenvalue weighted by atomic mass is 16.5. The summed E-state index contributed by atoms with van der Waals surface area (Å²) in [5.41, 5.74) is 2.90. The van der Waals surface area contributed by atoms with Crippen LogP contribution in [0.1, 0.15) is 65.0 Å². The fourth-order valence-corrected chi connectivity index (χ4v) is 2.16. The summed E-state index contributed by atoms with van der Waals surface area (Å²) in [6.07, 6.45) is 1.05. The molecule has 0 aliphatic rings. The standard InChI is InChI=1S/C16H26O/c1-7-11-17-14-10-8-9-13(12(2)3)15(14)16(4,5)6/h8-10,12H,7,11H2,1-6H3. The van der Waals surface area contributed by atoms with E-state index in [9.17, 15) is 0 Å². The van der Waals surface area contributed by atoms with Gasteiger partial charge in [-0.3, -0.25) is 0 Å². The minimum atomic E-state index is 0.129. The Morgan fingerprint density at radius 1 is 1.18 bits per heavy atom. The molecule has 0 heterocycles. The largest absolute Gasteiger partial charge is 0.493 e. The second kappa shape index (κ2) is 5.57. The summed E-state index contributed by atoms with van der Waals surface area (Å²) in [5.74, 6) is 1.60. The molecule has 0 saturated carbocycles. The third-order valence-corrected chi connectivity index (χ3v) is 2.89. The summed E-state index contributed by atoms with van der Waals surface area (Å²) >= 11 is 0. The van der Waals surface area contributed by atoms with E-state index in [0.29, 0.717) is 5.92 Å². The second-order valence-corrected chi connectivity index (χ2v) is 5.97. The van der Waals surface area contributed by atoms with Crippen LogP contribution in [0.15, 0.2) is 18.2 Å². The van der Waals surface area contributed by atoms with Crippen LogP contribution in [0.5, 0.6) is 5.75 Å². The number of hydrogen-bond donors (Lipinski definition) is 0. The molecule has 0 aromatic heterocycles. The van der Waals surface area contributed by atoms with Gasteiger partial charge < -0.3 is 4.74 Å². The molecule has 0 fully saturated rings. The first-order valence-electron chi connectivity index (χ1n) is 6.64. The van der Waals surface area contributed by atoms with E-state index >= 15 is 0 Å². The van der Waals surface area contributed by atoms with Crippen molar-refractivity contribution in [1.29, 1.82) is 0 Å². The van der Waals surface area contributed by atoms with E-state index in [1.807, 2.05) is 0 Å². The van der Waals surface area contributed by atoms with Gasteiger partial charge in [0.2, 0.25) is 0 Å². The van der Waals surface area contributed by atoms with Gasteiger partial charge in [0.25, 0.3) is 0 Å². The Hall–Kier alpha value is -0.980. The summed E-state index contributed by atoms with van der Waals surface area (Å²) in [7, 11) is 0. The zero-order valence-corrected chi connectivity index (χ0v) is 12.1. The summed E-state index contributed by atoms with van der Waals surface area (Å²) in [5, 5.41) is 0. The van der Waals surface area contributed by atoms with Crippen LogP contribution >= 0.6 is 0 Å². The van der Waals surface area contributed by atoms with E-state index < -0.39 is 0 Å². The number of benzene rings is 1. The minimum absolute atomic E-state index is 0.129. The smallest absolute Gasteiger partial charge is 0.123 e. The third-order valence-electron chi connectivity index (χ3n) is 2.89. The van der Waals surface area contributed by atoms with E-state index in [4.69, 9.17) is 4.74 Å². The van der Waals surface area contributed by atoms with Crippen LogP contribution < -0.4 is 4.74 Å². The van der Waals surface area contributed by atoms with Gasteiger partial charge in [-0.05, 0) is 29.4 Å². The molecule has 0 aliphatic heterocycles. The lowest BCUT2D eigenvalue weighted by atomic mass is 9.80. The molecule has 0 radical (unpaired) electrons. The Balaban J connectivity index is 3.25. The predicted octanol–water partition coefficient (Wildman–Crippen LogP) is 4.90. The van der Waals surface area contributed by atoms with Gasteiger partial charge in [0, 0.05) is 5.56 Å². The SMILES string of the molecule is CCCOc1cccc(C(C)C)c1C(C)(C)C. The van der Waals surface area contributed by atoms with Crippen LogP contribution in [0, 0.1) is 0 Å². The molecule has 0 aliphatic carbocycles. The van der Waals surface area contributed by atoms with Crippen molar-refractivity contribution in [2.75, 3.05) is 6.61 Å². The second-order valence-electron chi connectivity index (χ2n) is 5.97. The molecule has 0 atom stereocenters. The molecule has 0 amide bonds. The number of hydrogen-bond acceptors (Lipinski definition) is 1. The van der Waals surface area contributed by atoms with Crippen LogP contribution in [0.4, 0.5) is 0 Å². The third kappa shape index (κ3) is 3.49. The maximum Gasteiger partial charge on any atom is 0.123 e. The van der Waals surface area contributed by atoms with Gasteiger partial charge in [-0.2, -0.15) is 0 Å². The molecule has 96 valence electrons. The molecule has 17 heavy (non-hydrogen) atoms. The average molecular weight is 234 g/mol. The summed E-state index contributed by atoms with van der Waals surface area (Å²) in [6.45, 7) is 14.2. The fraction of sp³-hybridized carbons (Fsp3) is 0.625. The van der Waals surface area contributed by atoms with Crippen molar-refractivity contribution in [1.82, 2.24) is 0 Å². The first-order chi connectivity index (χ1) is 7.88. The van der Waals surface area contributed by atoms with Crippen LogP contribution in [-0.4, -0.2) is 6.61 Å². The van der Waals surface area contributed by atoms with Crippen molar-refractivity contribution in [2.45, 2.75) is 59.3 Å². The lowest BCUT2D eigenvalue weighted by molar-refractivity contribution is 0.307. The van der Waals surface area contributed by atoms with Crippen molar-refractivity contribution in [3.8, 4) is 5.75 Å². The quantitative estimate of drug-likeness (QED) is 0.720. The van der Waals surface area contributed by atoms with Gasteiger partial charge in [-0.15, -0.1) is 0 Å². The van der Waals surface area contributed by atoms with Crippen molar-refractivity contribution >= 4 is 0 Å². The summed E-state index contributed by atoms with van der Waals surface area (Å²) in [6, 6.07) is 6.43. The monoisotopic (exact) mass is 234 g/mol. The summed E-state index contributed by atoms with van der Waals surface area (Å²) < 4.78 is 5.90. The van der Waals surface area contributed by atoms with Crippen molar-refractivity contribution in [3.63, 3.8) is 0 Å². The molecular formula is C16H26O. The van der Waals surface area contributed by atoms with Gasteiger partial charge >= 0.3 is 0 Å².